The minimum Gasteiger partial charge on any atom is -0.507 e. The van der Waals surface area contributed by atoms with Gasteiger partial charge in [0.25, 0.3) is 11.7 Å². The normalized spacial score (nSPS) is 17.1. The van der Waals surface area contributed by atoms with Gasteiger partial charge in [0, 0.05) is 28.7 Å². The maximum absolute atomic E-state index is 13.2. The molecule has 34 heavy (non-hydrogen) atoms. The van der Waals surface area contributed by atoms with Gasteiger partial charge in [-0.2, -0.15) is 0 Å². The third kappa shape index (κ3) is 4.43. The summed E-state index contributed by atoms with van der Waals surface area (Å²) in [7, 11) is 0. The largest absolute Gasteiger partial charge is 0.507 e. The minimum absolute atomic E-state index is 0.0771. The van der Waals surface area contributed by atoms with Crippen molar-refractivity contribution >= 4 is 40.7 Å². The molecule has 0 radical (unpaired) electrons. The summed E-state index contributed by atoms with van der Waals surface area (Å²) < 4.78 is 5.15. The Bertz CT molecular complexity index is 1270. The van der Waals surface area contributed by atoms with E-state index < -0.39 is 23.7 Å². The average Bonchev–Trinajstić information content (AvgIpc) is 3.13. The van der Waals surface area contributed by atoms with Crippen LogP contribution >= 0.6 is 11.6 Å². The quantitative estimate of drug-likeness (QED) is 0.234. The van der Waals surface area contributed by atoms with Crippen LogP contribution in [0.5, 0.6) is 0 Å². The molecule has 0 bridgehead atoms. The highest BCUT2D eigenvalue weighted by molar-refractivity contribution is 6.51. The highest BCUT2D eigenvalue weighted by atomic mass is 35.5. The number of rotatable bonds is 6. The van der Waals surface area contributed by atoms with Crippen molar-refractivity contribution in [2.75, 3.05) is 11.5 Å². The molecule has 1 atom stereocenters. The predicted octanol–water partition coefficient (Wildman–Crippen LogP) is 4.93. The van der Waals surface area contributed by atoms with E-state index in [2.05, 4.69) is 4.98 Å². The van der Waals surface area contributed by atoms with Crippen molar-refractivity contribution in [3.63, 3.8) is 0 Å². The lowest BCUT2D eigenvalue weighted by Crippen LogP contribution is -2.29. The molecular formula is C26H21ClN2O5. The SMILES string of the molecule is CCCOC(=O)c1ccc(N2C(=O)C(=O)/C(=C(/O)c3cccc(Cl)c3)C2c2cccnc2)cc1. The highest BCUT2D eigenvalue weighted by Crippen LogP contribution is 2.42. The van der Waals surface area contributed by atoms with E-state index in [0.717, 1.165) is 0 Å². The Hall–Kier alpha value is -3.97. The number of esters is 1. The smallest absolute Gasteiger partial charge is 0.338 e. The van der Waals surface area contributed by atoms with E-state index in [1.807, 2.05) is 6.92 Å². The fourth-order valence-electron chi connectivity index (χ4n) is 3.78. The lowest BCUT2D eigenvalue weighted by atomic mass is 9.96. The van der Waals surface area contributed by atoms with Crippen LogP contribution in [0, 0.1) is 0 Å². The number of benzene rings is 2. The molecule has 8 heteroatoms. The number of aromatic nitrogens is 1. The number of anilines is 1. The van der Waals surface area contributed by atoms with Crippen molar-refractivity contribution in [1.82, 2.24) is 4.98 Å². The van der Waals surface area contributed by atoms with E-state index in [-0.39, 0.29) is 11.3 Å². The number of Topliss-reactive ketones (excluding diaryl/α,β-unsaturated/α-hetero) is 1. The van der Waals surface area contributed by atoms with Crippen LogP contribution in [0.25, 0.3) is 5.76 Å². The molecule has 4 rings (SSSR count). The summed E-state index contributed by atoms with van der Waals surface area (Å²) in [6, 6.07) is 15.1. The van der Waals surface area contributed by atoms with E-state index in [1.54, 1.807) is 48.7 Å². The van der Waals surface area contributed by atoms with Crippen molar-refractivity contribution in [3.05, 3.63) is 100 Å². The molecule has 172 valence electrons. The summed E-state index contributed by atoms with van der Waals surface area (Å²) in [6.45, 7) is 2.20. The molecule has 1 fully saturated rings. The number of hydrogen-bond donors (Lipinski definition) is 1. The molecule has 1 N–H and O–H groups in total. The molecule has 1 aliphatic rings. The second-order valence-electron chi connectivity index (χ2n) is 7.65. The monoisotopic (exact) mass is 476 g/mol. The molecule has 0 spiro atoms. The molecule has 1 aliphatic heterocycles. The van der Waals surface area contributed by atoms with E-state index >= 15 is 0 Å². The Balaban J connectivity index is 1.81. The first-order valence-corrected chi connectivity index (χ1v) is 11.0. The second kappa shape index (κ2) is 9.89. The predicted molar refractivity (Wildman–Crippen MR) is 127 cm³/mol. The van der Waals surface area contributed by atoms with E-state index in [9.17, 15) is 19.5 Å². The number of carbonyl (C=O) groups excluding carboxylic acids is 3. The van der Waals surface area contributed by atoms with Crippen LogP contribution in [0.4, 0.5) is 5.69 Å². The zero-order valence-electron chi connectivity index (χ0n) is 18.3. The number of hydrogen-bond acceptors (Lipinski definition) is 6. The molecular weight excluding hydrogens is 456 g/mol. The lowest BCUT2D eigenvalue weighted by molar-refractivity contribution is -0.132. The van der Waals surface area contributed by atoms with Crippen LogP contribution < -0.4 is 4.90 Å². The lowest BCUT2D eigenvalue weighted by Gasteiger charge is -2.25. The number of aliphatic hydroxyl groups excluding tert-OH is 1. The van der Waals surface area contributed by atoms with Gasteiger partial charge in [-0.15, -0.1) is 0 Å². The van der Waals surface area contributed by atoms with Crippen LogP contribution in [0.15, 0.2) is 78.6 Å². The van der Waals surface area contributed by atoms with Gasteiger partial charge in [-0.3, -0.25) is 19.5 Å². The van der Waals surface area contributed by atoms with Gasteiger partial charge in [0.15, 0.2) is 0 Å². The van der Waals surface area contributed by atoms with E-state index in [1.165, 1.54) is 29.3 Å². The number of ketones is 1. The van der Waals surface area contributed by atoms with Crippen LogP contribution in [0.2, 0.25) is 5.02 Å². The van der Waals surface area contributed by atoms with Crippen molar-refractivity contribution in [2.24, 2.45) is 0 Å². The van der Waals surface area contributed by atoms with Gasteiger partial charge >= 0.3 is 5.97 Å². The van der Waals surface area contributed by atoms with Crippen molar-refractivity contribution in [3.8, 4) is 0 Å². The fourth-order valence-corrected chi connectivity index (χ4v) is 3.97. The fraction of sp³-hybridized carbons (Fsp3) is 0.154. The van der Waals surface area contributed by atoms with Crippen molar-refractivity contribution < 1.29 is 24.2 Å². The molecule has 2 aromatic carbocycles. The average molecular weight is 477 g/mol. The maximum atomic E-state index is 13.2. The Morgan fingerprint density at radius 1 is 1.09 bits per heavy atom. The van der Waals surface area contributed by atoms with Gasteiger partial charge in [-0.25, -0.2) is 4.79 Å². The molecule has 1 unspecified atom stereocenters. The number of amides is 1. The first kappa shape index (κ1) is 23.2. The number of carbonyl (C=O) groups is 3. The Morgan fingerprint density at radius 3 is 2.50 bits per heavy atom. The standard InChI is InChI=1S/C26H21ClN2O5/c1-2-13-34-26(33)16-8-10-20(11-9-16)29-22(18-6-4-12-28-15-18)21(24(31)25(29)32)23(30)17-5-3-7-19(27)14-17/h3-12,14-15,22,30H,2,13H2,1H3/b23-21+. The number of pyridine rings is 1. The van der Waals surface area contributed by atoms with Crippen molar-refractivity contribution in [1.29, 1.82) is 0 Å². The van der Waals surface area contributed by atoms with Crippen molar-refractivity contribution in [2.45, 2.75) is 19.4 Å². The second-order valence-corrected chi connectivity index (χ2v) is 8.09. The summed E-state index contributed by atoms with van der Waals surface area (Å²) in [6.07, 6.45) is 3.81. The third-order valence-electron chi connectivity index (χ3n) is 5.36. The number of ether oxygens (including phenoxy) is 1. The van der Waals surface area contributed by atoms with E-state index in [0.29, 0.717) is 40.4 Å². The summed E-state index contributed by atoms with van der Waals surface area (Å²) >= 11 is 6.07. The Morgan fingerprint density at radius 2 is 1.85 bits per heavy atom. The first-order chi connectivity index (χ1) is 16.4. The summed E-state index contributed by atoms with van der Waals surface area (Å²) in [5.41, 5.74) is 1.48. The molecule has 3 aromatic rings. The summed E-state index contributed by atoms with van der Waals surface area (Å²) in [5, 5.41) is 11.4. The summed E-state index contributed by atoms with van der Waals surface area (Å²) in [5.74, 6) is -2.45. The van der Waals surface area contributed by atoms with Gasteiger partial charge in [0.2, 0.25) is 0 Å². The molecule has 0 aliphatic carbocycles. The number of halogens is 1. The zero-order chi connectivity index (χ0) is 24.2. The Kier molecular flexibility index (Phi) is 6.75. The first-order valence-electron chi connectivity index (χ1n) is 10.7. The van der Waals surface area contributed by atoms with Crippen LogP contribution in [-0.2, 0) is 14.3 Å². The third-order valence-corrected chi connectivity index (χ3v) is 5.60. The maximum Gasteiger partial charge on any atom is 0.338 e. The molecule has 2 heterocycles. The summed E-state index contributed by atoms with van der Waals surface area (Å²) in [4.78, 5) is 43.8. The molecule has 1 aromatic heterocycles. The number of nitrogens with zero attached hydrogens (tertiary/aromatic N) is 2. The Labute approximate surface area is 201 Å². The van der Waals surface area contributed by atoms with Gasteiger partial charge in [0.05, 0.1) is 23.8 Å². The molecule has 1 saturated heterocycles. The van der Waals surface area contributed by atoms with Gasteiger partial charge < -0.3 is 9.84 Å². The van der Waals surface area contributed by atoms with Crippen LogP contribution in [-0.4, -0.2) is 34.4 Å². The highest BCUT2D eigenvalue weighted by Gasteiger charge is 2.47. The topological polar surface area (TPSA) is 96.8 Å². The van der Waals surface area contributed by atoms with Gasteiger partial charge in [0.1, 0.15) is 5.76 Å². The van der Waals surface area contributed by atoms with Gasteiger partial charge in [-0.05, 0) is 54.4 Å². The van der Waals surface area contributed by atoms with Crippen LogP contribution in [0.1, 0.15) is 40.9 Å². The zero-order valence-corrected chi connectivity index (χ0v) is 19.0. The molecule has 1 amide bonds. The van der Waals surface area contributed by atoms with Gasteiger partial charge in [-0.1, -0.05) is 36.7 Å². The molecule has 7 nitrogen and oxygen atoms in total. The molecule has 0 saturated carbocycles. The number of aliphatic hydroxyl groups is 1. The minimum atomic E-state index is -0.925. The van der Waals surface area contributed by atoms with Crippen LogP contribution in [0.3, 0.4) is 0 Å². The van der Waals surface area contributed by atoms with E-state index in [4.69, 9.17) is 16.3 Å².